The Hall–Kier alpha value is -3.03. The van der Waals surface area contributed by atoms with Gasteiger partial charge in [-0.25, -0.2) is 0 Å². The van der Waals surface area contributed by atoms with Crippen molar-refractivity contribution in [2.24, 2.45) is 0 Å². The molecule has 1 aromatic heterocycles. The molecule has 26 heavy (non-hydrogen) atoms. The predicted molar refractivity (Wildman–Crippen MR) is 111 cm³/mol. The smallest absolute Gasteiger partial charge is 0.0645 e. The van der Waals surface area contributed by atoms with E-state index in [1.807, 2.05) is 0 Å². The van der Waals surface area contributed by atoms with E-state index < -0.39 is 130 Å². The van der Waals surface area contributed by atoms with Gasteiger partial charge in [-0.1, -0.05) is 66.0 Å². The summed E-state index contributed by atoms with van der Waals surface area (Å²) in [5.74, 6) is 0. The van der Waals surface area contributed by atoms with Gasteiger partial charge < -0.3 is 4.57 Å². The first-order valence-electron chi connectivity index (χ1n) is 15.4. The van der Waals surface area contributed by atoms with E-state index in [1.165, 1.54) is 0 Å². The Bertz CT molecular complexity index is 2010. The summed E-state index contributed by atoms with van der Waals surface area (Å²) in [6.45, 7) is 0. The second-order valence-electron chi connectivity index (χ2n) is 5.20. The van der Waals surface area contributed by atoms with E-state index in [-0.39, 0.29) is 10.8 Å². The van der Waals surface area contributed by atoms with Gasteiger partial charge in [-0.2, -0.15) is 0 Å². The van der Waals surface area contributed by atoms with E-state index >= 15 is 0 Å². The lowest BCUT2D eigenvalue weighted by atomic mass is 10.0. The zero-order valence-electron chi connectivity index (χ0n) is 28.8. The first-order chi connectivity index (χ1) is 19.5. The first kappa shape index (κ1) is 6.00. The summed E-state index contributed by atoms with van der Waals surface area (Å²) in [5, 5.41) is -1.27. The summed E-state index contributed by atoms with van der Waals surface area (Å²) in [6, 6.07) is -11.7. The van der Waals surface area contributed by atoms with Crippen molar-refractivity contribution < 1.29 is 21.9 Å². The molecule has 2 heteroatoms. The molecule has 0 aliphatic heterocycles. The molecule has 0 unspecified atom stereocenters. The molecule has 124 valence electrons. The second kappa shape index (κ2) is 6.05. The lowest BCUT2D eigenvalue weighted by Gasteiger charge is -2.08. The van der Waals surface area contributed by atoms with Gasteiger partial charge in [0.05, 0.1) is 33.0 Å². The average molecular weight is 370 g/mol. The number of rotatable bonds is 2. The molecule has 0 spiro atoms. The van der Waals surface area contributed by atoms with Crippen LogP contribution < -0.4 is 0 Å². The van der Waals surface area contributed by atoms with Gasteiger partial charge in [0.2, 0.25) is 0 Å². The quantitative estimate of drug-likeness (QED) is 0.312. The largest absolute Gasteiger partial charge is 0.309 e. The Morgan fingerprint density at radius 2 is 1.31 bits per heavy atom. The molecule has 0 saturated carbocycles. The molecule has 0 N–H and O–H groups in total. The van der Waals surface area contributed by atoms with E-state index in [4.69, 9.17) is 33.5 Å². The van der Waals surface area contributed by atoms with Crippen molar-refractivity contribution in [3.63, 3.8) is 0 Å². The Morgan fingerprint density at radius 1 is 0.615 bits per heavy atom. The van der Waals surface area contributed by atoms with Crippen LogP contribution in [0.4, 0.5) is 0 Å². The molecule has 0 saturated heterocycles. The van der Waals surface area contributed by atoms with Crippen LogP contribution in [0.3, 0.4) is 0 Å². The summed E-state index contributed by atoms with van der Waals surface area (Å²) in [7, 11) is 0. The van der Waals surface area contributed by atoms with Crippen LogP contribution in [0.1, 0.15) is 21.9 Å². The number of nitrogens with zero attached hydrogens (tertiary/aromatic N) is 1. The molecule has 0 aliphatic rings. The van der Waals surface area contributed by atoms with E-state index in [0.29, 0.717) is 0 Å². The summed E-state index contributed by atoms with van der Waals surface area (Å²) in [5.41, 5.74) is -2.54. The third-order valence-electron chi connectivity index (χ3n) is 3.71. The van der Waals surface area contributed by atoms with E-state index in [0.717, 1.165) is 4.57 Å². The maximum absolute atomic E-state index is 9.08. The number of fused-ring (bicyclic) bond motifs is 3. The van der Waals surface area contributed by atoms with E-state index in [9.17, 15) is 0 Å². The molecule has 0 amide bonds. The molecule has 0 radical (unpaired) electrons. The molecule has 1 nitrogen and oxygen atoms in total. The van der Waals surface area contributed by atoms with Gasteiger partial charge in [-0.15, -0.1) is 0 Å². The number of halogens is 1. The lowest BCUT2D eigenvalue weighted by Crippen LogP contribution is -1.93. The highest BCUT2D eigenvalue weighted by Crippen LogP contribution is 2.34. The fourth-order valence-electron chi connectivity index (χ4n) is 2.64. The molecule has 0 atom stereocenters. The van der Waals surface area contributed by atoms with Crippen LogP contribution in [0.2, 0.25) is 5.02 Å². The van der Waals surface area contributed by atoms with Crippen LogP contribution in [0.5, 0.6) is 0 Å². The third kappa shape index (κ3) is 2.40. The van der Waals surface area contributed by atoms with Gasteiger partial charge in [-0.3, -0.25) is 0 Å². The Morgan fingerprint density at radius 3 is 2.12 bits per heavy atom. The number of hydrogen-bond donors (Lipinski definition) is 0. The van der Waals surface area contributed by atoms with Crippen LogP contribution >= 0.6 is 11.6 Å². The van der Waals surface area contributed by atoms with Crippen molar-refractivity contribution in [3.05, 3.63) is 102 Å². The van der Waals surface area contributed by atoms with Crippen molar-refractivity contribution >= 4 is 33.4 Å². The van der Waals surface area contributed by atoms with Crippen molar-refractivity contribution in [2.75, 3.05) is 0 Å². The van der Waals surface area contributed by atoms with Crippen LogP contribution in [0.25, 0.3) is 38.6 Å². The number of benzene rings is 4. The fraction of sp³-hybridized carbons (Fsp3) is 0. The molecule has 0 bridgehead atoms. The van der Waals surface area contributed by atoms with Crippen molar-refractivity contribution in [1.82, 2.24) is 4.57 Å². The summed E-state index contributed by atoms with van der Waals surface area (Å²) < 4.78 is 136. The van der Waals surface area contributed by atoms with Gasteiger partial charge in [0.15, 0.2) is 0 Å². The monoisotopic (exact) mass is 369 g/mol. The topological polar surface area (TPSA) is 4.93 Å². The highest BCUT2D eigenvalue weighted by atomic mass is 35.5. The van der Waals surface area contributed by atoms with Gasteiger partial charge in [0.1, 0.15) is 0 Å². The maximum Gasteiger partial charge on any atom is 0.0645 e. The van der Waals surface area contributed by atoms with Crippen molar-refractivity contribution in [2.45, 2.75) is 0 Å². The highest BCUT2D eigenvalue weighted by Gasteiger charge is 2.12. The predicted octanol–water partition coefficient (Wildman–Crippen LogP) is 7.10. The normalized spacial score (nSPS) is 19.9. The summed E-state index contributed by atoms with van der Waals surface area (Å²) in [4.78, 5) is 0. The molecule has 5 aromatic rings. The molecular formula is C24H16ClN. The highest BCUT2D eigenvalue weighted by molar-refractivity contribution is 6.30. The number of aromatic nitrogens is 1. The summed E-state index contributed by atoms with van der Waals surface area (Å²) >= 11 is 5.97. The molecule has 0 fully saturated rings. The summed E-state index contributed by atoms with van der Waals surface area (Å²) in [6.07, 6.45) is 0. The van der Waals surface area contributed by atoms with Crippen LogP contribution in [-0.4, -0.2) is 4.57 Å². The molecular weight excluding hydrogens is 338 g/mol. The third-order valence-corrected chi connectivity index (χ3v) is 3.90. The van der Waals surface area contributed by atoms with Crippen LogP contribution in [0, 0.1) is 0 Å². The average Bonchev–Trinajstić information content (AvgIpc) is 3.31. The minimum atomic E-state index is -0.797. The lowest BCUT2D eigenvalue weighted by molar-refractivity contribution is 1.18. The number of hydrogen-bond acceptors (Lipinski definition) is 0. The Labute approximate surface area is 179 Å². The zero-order valence-corrected chi connectivity index (χ0v) is 13.6. The SMILES string of the molecule is [2H]c1c([2H])c([2H])c(-c2c([2H])c([2H])c3c(c2[2H])c2c([2H])c([2H])c([2H])c([2H])c2n3-c2c([2H])c([2H])c(Cl)c([2H])c2[2H])c([2H])c1[2H]. The van der Waals surface area contributed by atoms with Gasteiger partial charge in [-0.05, 0) is 53.4 Å². The molecule has 5 rings (SSSR count). The Balaban J connectivity index is 2.18. The zero-order chi connectivity index (χ0) is 31.4. The number of para-hydroxylation sites is 1. The van der Waals surface area contributed by atoms with Crippen LogP contribution in [0.15, 0.2) is 96.7 Å². The first-order valence-corrected chi connectivity index (χ1v) is 7.74. The minimum absolute atomic E-state index is 0.366. The van der Waals surface area contributed by atoms with Gasteiger partial charge >= 0.3 is 0 Å². The maximum atomic E-state index is 9.08. The van der Waals surface area contributed by atoms with Crippen LogP contribution in [-0.2, 0) is 0 Å². The molecule has 1 heterocycles. The van der Waals surface area contributed by atoms with Crippen molar-refractivity contribution in [1.29, 1.82) is 0 Å². The van der Waals surface area contributed by atoms with E-state index in [1.54, 1.807) is 0 Å². The minimum Gasteiger partial charge on any atom is -0.309 e. The van der Waals surface area contributed by atoms with Gasteiger partial charge in [0.25, 0.3) is 0 Å². The Kier molecular flexibility index (Phi) is 1.40. The standard InChI is InChI=1S/C24H16ClN/c25-19-11-13-20(14-12-19)26-23-9-5-4-8-21(23)22-16-18(10-15-24(22)26)17-6-2-1-3-7-17/h1-16H/i1D,2D,3D,4D,5D,6D,7D,8D,9D,10D,11D,12D,13D,14D,15D,16D. The fourth-order valence-corrected chi connectivity index (χ4v) is 2.74. The van der Waals surface area contributed by atoms with E-state index in [2.05, 4.69) is 0 Å². The van der Waals surface area contributed by atoms with Gasteiger partial charge in [0, 0.05) is 21.5 Å². The van der Waals surface area contributed by atoms with Crippen molar-refractivity contribution in [3.8, 4) is 16.8 Å². The molecule has 0 aliphatic carbocycles. The second-order valence-corrected chi connectivity index (χ2v) is 5.57. The molecule has 4 aromatic carbocycles.